The molecule has 19 heavy (non-hydrogen) atoms. The molecule has 0 aliphatic heterocycles. The Morgan fingerprint density at radius 1 is 1.16 bits per heavy atom. The van der Waals surface area contributed by atoms with Crippen LogP contribution in [0.15, 0.2) is 47.8 Å². The van der Waals surface area contributed by atoms with E-state index in [0.29, 0.717) is 10.6 Å². The van der Waals surface area contributed by atoms with Crippen molar-refractivity contribution >= 4 is 23.4 Å². The maximum atomic E-state index is 12.0. The van der Waals surface area contributed by atoms with Gasteiger partial charge in [0, 0.05) is 4.88 Å². The summed E-state index contributed by atoms with van der Waals surface area (Å²) in [6, 6.07) is 10.9. The molecule has 2 N–H and O–H groups in total. The number of para-hydroxylation sites is 1. The molecule has 5 nitrogen and oxygen atoms in total. The second kappa shape index (κ2) is 6.01. The second-order valence-electron chi connectivity index (χ2n) is 3.63. The molecule has 0 saturated heterocycles. The van der Waals surface area contributed by atoms with Crippen LogP contribution in [0.25, 0.3) is 0 Å². The van der Waals surface area contributed by atoms with E-state index in [2.05, 4.69) is 5.32 Å². The number of rotatable bonds is 4. The quantitative estimate of drug-likeness (QED) is 0.665. The van der Waals surface area contributed by atoms with E-state index in [1.165, 1.54) is 11.3 Å². The van der Waals surface area contributed by atoms with Crippen molar-refractivity contribution in [2.45, 2.75) is 6.04 Å². The van der Waals surface area contributed by atoms with Crippen LogP contribution < -0.4 is 10.1 Å². The Hall–Kier alpha value is -2.34. The topological polar surface area (TPSA) is 75.6 Å². The van der Waals surface area contributed by atoms with Crippen LogP contribution in [-0.2, 0) is 4.79 Å². The second-order valence-corrected chi connectivity index (χ2v) is 4.61. The number of ether oxygens (including phenoxy) is 1. The van der Waals surface area contributed by atoms with E-state index in [1.807, 2.05) is 0 Å². The fourth-order valence-corrected chi connectivity index (χ4v) is 2.25. The lowest BCUT2D eigenvalue weighted by molar-refractivity contribution is -0.136. The first-order valence-electron chi connectivity index (χ1n) is 5.46. The number of hydrogen-bond donors (Lipinski definition) is 2. The molecule has 1 aromatic carbocycles. The Labute approximate surface area is 113 Å². The van der Waals surface area contributed by atoms with E-state index in [4.69, 9.17) is 9.84 Å². The lowest BCUT2D eigenvalue weighted by Gasteiger charge is -2.14. The maximum absolute atomic E-state index is 12.0. The van der Waals surface area contributed by atoms with Gasteiger partial charge in [-0.2, -0.15) is 0 Å². The molecule has 1 heterocycles. The lowest BCUT2D eigenvalue weighted by atomic mass is 10.2. The molecular formula is C13H11NO4S. The van der Waals surface area contributed by atoms with E-state index in [0.717, 1.165) is 0 Å². The summed E-state index contributed by atoms with van der Waals surface area (Å²) in [5.74, 6) is -0.280. The van der Waals surface area contributed by atoms with Gasteiger partial charge in [0.1, 0.15) is 5.75 Å². The average Bonchev–Trinajstić information content (AvgIpc) is 2.90. The molecule has 2 aromatic rings. The number of thiophene rings is 1. The van der Waals surface area contributed by atoms with Crippen LogP contribution in [-0.4, -0.2) is 17.2 Å². The summed E-state index contributed by atoms with van der Waals surface area (Å²) in [6.07, 6.45) is -1.27. The van der Waals surface area contributed by atoms with Crippen molar-refractivity contribution in [2.24, 2.45) is 0 Å². The van der Waals surface area contributed by atoms with E-state index in [1.54, 1.807) is 47.8 Å². The molecule has 98 valence electrons. The predicted molar refractivity (Wildman–Crippen MR) is 70.3 cm³/mol. The zero-order chi connectivity index (χ0) is 13.7. The maximum Gasteiger partial charge on any atom is 0.405 e. The van der Waals surface area contributed by atoms with Crippen molar-refractivity contribution in [1.29, 1.82) is 0 Å². The fourth-order valence-electron chi connectivity index (χ4n) is 1.49. The number of amides is 1. The highest BCUT2D eigenvalue weighted by molar-refractivity contribution is 7.10. The third-order valence-electron chi connectivity index (χ3n) is 2.29. The van der Waals surface area contributed by atoms with Crippen molar-refractivity contribution in [3.8, 4) is 5.75 Å². The standard InChI is InChI=1S/C13H11NO4S/c15-12(18-9-5-2-1-3-6-9)11(14-13(16)17)10-7-4-8-19-10/h1-8,11,14H,(H,16,17). The minimum Gasteiger partial charge on any atom is -0.465 e. The minimum absolute atomic E-state index is 0.376. The van der Waals surface area contributed by atoms with Gasteiger partial charge in [-0.3, -0.25) is 0 Å². The van der Waals surface area contributed by atoms with Crippen LogP contribution in [0.1, 0.15) is 10.9 Å². The normalized spacial score (nSPS) is 11.6. The van der Waals surface area contributed by atoms with Gasteiger partial charge in [0.25, 0.3) is 0 Å². The van der Waals surface area contributed by atoms with Gasteiger partial charge < -0.3 is 15.2 Å². The molecule has 1 aromatic heterocycles. The number of carboxylic acid groups (broad SMARTS) is 1. The first-order valence-corrected chi connectivity index (χ1v) is 6.34. The Bertz CT molecular complexity index is 553. The van der Waals surface area contributed by atoms with Crippen molar-refractivity contribution in [3.05, 3.63) is 52.7 Å². The summed E-state index contributed by atoms with van der Waals surface area (Å²) in [4.78, 5) is 23.3. The van der Waals surface area contributed by atoms with Crippen LogP contribution in [0.5, 0.6) is 5.75 Å². The van der Waals surface area contributed by atoms with E-state index < -0.39 is 18.1 Å². The lowest BCUT2D eigenvalue weighted by Crippen LogP contribution is -2.34. The van der Waals surface area contributed by atoms with Gasteiger partial charge in [0.15, 0.2) is 6.04 Å². The molecule has 2 rings (SSSR count). The smallest absolute Gasteiger partial charge is 0.405 e. The third-order valence-corrected chi connectivity index (χ3v) is 3.23. The molecule has 0 spiro atoms. The first kappa shape index (κ1) is 13.1. The van der Waals surface area contributed by atoms with Gasteiger partial charge in [0.2, 0.25) is 0 Å². The van der Waals surface area contributed by atoms with Gasteiger partial charge >= 0.3 is 12.1 Å². The number of nitrogens with one attached hydrogen (secondary N) is 1. The molecule has 6 heteroatoms. The highest BCUT2D eigenvalue weighted by Crippen LogP contribution is 2.21. The number of hydrogen-bond acceptors (Lipinski definition) is 4. The van der Waals surface area contributed by atoms with Crippen LogP contribution >= 0.6 is 11.3 Å². The number of esters is 1. The van der Waals surface area contributed by atoms with Crippen LogP contribution in [0.4, 0.5) is 4.79 Å². The van der Waals surface area contributed by atoms with Crippen molar-refractivity contribution < 1.29 is 19.4 Å². The Morgan fingerprint density at radius 2 is 1.89 bits per heavy atom. The Kier molecular flexibility index (Phi) is 4.15. The minimum atomic E-state index is -1.27. The van der Waals surface area contributed by atoms with Crippen molar-refractivity contribution in [3.63, 3.8) is 0 Å². The summed E-state index contributed by atoms with van der Waals surface area (Å²) in [5, 5.41) is 12.7. The Morgan fingerprint density at radius 3 is 2.47 bits per heavy atom. The monoisotopic (exact) mass is 277 g/mol. The molecule has 1 atom stereocenters. The Balaban J connectivity index is 2.14. The van der Waals surface area contributed by atoms with Crippen LogP contribution in [0.3, 0.4) is 0 Å². The molecule has 0 saturated carbocycles. The number of benzene rings is 1. The van der Waals surface area contributed by atoms with Crippen molar-refractivity contribution in [2.75, 3.05) is 0 Å². The SMILES string of the molecule is O=C(O)NC(C(=O)Oc1ccccc1)c1cccs1. The largest absolute Gasteiger partial charge is 0.465 e. The van der Waals surface area contributed by atoms with Gasteiger partial charge in [-0.1, -0.05) is 24.3 Å². The van der Waals surface area contributed by atoms with Crippen LogP contribution in [0.2, 0.25) is 0 Å². The third kappa shape index (κ3) is 3.56. The zero-order valence-corrected chi connectivity index (χ0v) is 10.6. The van der Waals surface area contributed by atoms with E-state index >= 15 is 0 Å². The van der Waals surface area contributed by atoms with E-state index in [-0.39, 0.29) is 0 Å². The number of carbonyl (C=O) groups excluding carboxylic acids is 1. The summed E-state index contributed by atoms with van der Waals surface area (Å²) in [6.45, 7) is 0. The molecular weight excluding hydrogens is 266 g/mol. The molecule has 0 bridgehead atoms. The molecule has 0 fully saturated rings. The van der Waals surface area contributed by atoms with Crippen molar-refractivity contribution in [1.82, 2.24) is 5.32 Å². The molecule has 1 unspecified atom stereocenters. The van der Waals surface area contributed by atoms with E-state index in [9.17, 15) is 9.59 Å². The van der Waals surface area contributed by atoms with Gasteiger partial charge in [0.05, 0.1) is 0 Å². The van der Waals surface area contributed by atoms with Gasteiger partial charge in [-0.25, -0.2) is 9.59 Å². The summed E-state index contributed by atoms with van der Waals surface area (Å²) in [5.41, 5.74) is 0. The predicted octanol–water partition coefficient (Wildman–Crippen LogP) is 2.66. The summed E-state index contributed by atoms with van der Waals surface area (Å²) in [7, 11) is 0. The van der Waals surface area contributed by atoms with Gasteiger partial charge in [-0.15, -0.1) is 11.3 Å². The summed E-state index contributed by atoms with van der Waals surface area (Å²) < 4.78 is 5.14. The zero-order valence-electron chi connectivity index (χ0n) is 9.78. The molecule has 0 aliphatic carbocycles. The highest BCUT2D eigenvalue weighted by Gasteiger charge is 2.25. The molecule has 1 amide bonds. The first-order chi connectivity index (χ1) is 9.16. The fraction of sp³-hybridized carbons (Fsp3) is 0.0769. The van der Waals surface area contributed by atoms with Crippen LogP contribution in [0, 0.1) is 0 Å². The van der Waals surface area contributed by atoms with Gasteiger partial charge in [-0.05, 0) is 23.6 Å². The highest BCUT2D eigenvalue weighted by atomic mass is 32.1. The number of carbonyl (C=O) groups is 2. The summed E-state index contributed by atoms with van der Waals surface area (Å²) >= 11 is 1.29. The molecule has 0 radical (unpaired) electrons. The average molecular weight is 277 g/mol. The molecule has 0 aliphatic rings.